The Morgan fingerprint density at radius 3 is 2.79 bits per heavy atom. The van der Waals surface area contributed by atoms with Crippen LogP contribution in [0.1, 0.15) is 43.5 Å². The molecule has 2 bridgehead atoms. The lowest BCUT2D eigenvalue weighted by Crippen LogP contribution is -2.39. The van der Waals surface area contributed by atoms with E-state index in [2.05, 4.69) is 10.3 Å². The molecule has 0 spiro atoms. The van der Waals surface area contributed by atoms with Crippen LogP contribution in [0.5, 0.6) is 0 Å². The normalized spacial score (nSPS) is 23.2. The molecule has 6 nitrogen and oxygen atoms in total. The number of aryl methyl sites for hydroxylation is 1. The summed E-state index contributed by atoms with van der Waals surface area (Å²) >= 11 is 0. The van der Waals surface area contributed by atoms with E-state index in [0.717, 1.165) is 30.6 Å². The van der Waals surface area contributed by atoms with Gasteiger partial charge in [0.1, 0.15) is 11.8 Å². The first kappa shape index (κ1) is 16.6. The van der Waals surface area contributed by atoms with Crippen LogP contribution in [0, 0.1) is 0 Å². The van der Waals surface area contributed by atoms with Gasteiger partial charge in [0.15, 0.2) is 0 Å². The zero-order chi connectivity index (χ0) is 16.9. The Balaban J connectivity index is 1.87. The van der Waals surface area contributed by atoms with Gasteiger partial charge in [0, 0.05) is 20.0 Å². The van der Waals surface area contributed by atoms with Gasteiger partial charge in [-0.05, 0) is 25.3 Å². The molecule has 2 atom stereocenters. The van der Waals surface area contributed by atoms with Crippen LogP contribution >= 0.6 is 0 Å². The van der Waals surface area contributed by atoms with E-state index in [-0.39, 0.29) is 18.1 Å². The number of likely N-dealkylation sites (N-methyl/N-ethyl adjacent to an activating group) is 1. The van der Waals surface area contributed by atoms with Crippen molar-refractivity contribution in [2.75, 3.05) is 7.05 Å². The standard InChI is InChI=1S/C18H24N4O2/c1-14-18(15-8-4-3-5-9-15)24-13-16-12-22(20-19-16)11-7-6-10-17(23)21(14)2/h3-5,8-9,12,14,18H,6-7,10-11,13H2,1-2H3/t14-,18-/m0/s1. The highest BCUT2D eigenvalue weighted by Crippen LogP contribution is 2.26. The van der Waals surface area contributed by atoms with Gasteiger partial charge in [0.05, 0.1) is 18.8 Å². The monoisotopic (exact) mass is 328 g/mol. The van der Waals surface area contributed by atoms with Crippen molar-refractivity contribution in [3.8, 4) is 0 Å². The summed E-state index contributed by atoms with van der Waals surface area (Å²) in [5.74, 6) is 0.157. The molecule has 0 saturated heterocycles. The van der Waals surface area contributed by atoms with Crippen LogP contribution in [0.3, 0.4) is 0 Å². The molecule has 0 aliphatic carbocycles. The number of hydrogen-bond acceptors (Lipinski definition) is 4. The summed E-state index contributed by atoms with van der Waals surface area (Å²) in [5, 5.41) is 8.31. The largest absolute Gasteiger partial charge is 0.365 e. The van der Waals surface area contributed by atoms with Gasteiger partial charge in [-0.2, -0.15) is 0 Å². The van der Waals surface area contributed by atoms with E-state index in [1.807, 2.05) is 60.1 Å². The summed E-state index contributed by atoms with van der Waals surface area (Å²) in [6.45, 7) is 3.19. The lowest BCUT2D eigenvalue weighted by molar-refractivity contribution is -0.135. The van der Waals surface area contributed by atoms with Gasteiger partial charge in [0.2, 0.25) is 5.91 Å². The summed E-state index contributed by atoms with van der Waals surface area (Å²) < 4.78 is 7.99. The SMILES string of the molecule is C[C@H]1[C@@H](c2ccccc2)OCc2cn(nn2)CCCCC(=O)N1C. The van der Waals surface area contributed by atoms with Crippen LogP contribution in [0.15, 0.2) is 36.5 Å². The van der Waals surface area contributed by atoms with Gasteiger partial charge in [-0.3, -0.25) is 9.48 Å². The number of carbonyl (C=O) groups is 1. The molecule has 1 aromatic heterocycles. The average Bonchev–Trinajstić information content (AvgIpc) is 3.06. The second-order valence-corrected chi connectivity index (χ2v) is 6.32. The quantitative estimate of drug-likeness (QED) is 0.807. The summed E-state index contributed by atoms with van der Waals surface area (Å²) in [6, 6.07) is 9.97. The second-order valence-electron chi connectivity index (χ2n) is 6.32. The molecule has 1 aliphatic rings. The fraction of sp³-hybridized carbons (Fsp3) is 0.500. The van der Waals surface area contributed by atoms with Gasteiger partial charge in [0.25, 0.3) is 0 Å². The minimum Gasteiger partial charge on any atom is -0.365 e. The molecule has 2 heterocycles. The fourth-order valence-corrected chi connectivity index (χ4v) is 3.00. The van der Waals surface area contributed by atoms with E-state index in [9.17, 15) is 4.79 Å². The molecule has 0 fully saturated rings. The highest BCUT2D eigenvalue weighted by Gasteiger charge is 2.27. The molecular weight excluding hydrogens is 304 g/mol. The molecule has 24 heavy (non-hydrogen) atoms. The highest BCUT2D eigenvalue weighted by atomic mass is 16.5. The van der Waals surface area contributed by atoms with E-state index in [1.54, 1.807) is 0 Å². The maximum Gasteiger partial charge on any atom is 0.222 e. The third kappa shape index (κ3) is 3.82. The Morgan fingerprint density at radius 1 is 1.21 bits per heavy atom. The predicted octanol–water partition coefficient (Wildman–Crippen LogP) is 2.57. The number of fused-ring (bicyclic) bond motifs is 2. The maximum absolute atomic E-state index is 12.5. The minimum absolute atomic E-state index is 0.0595. The van der Waals surface area contributed by atoms with Gasteiger partial charge in [-0.25, -0.2) is 0 Å². The number of amides is 1. The Bertz CT molecular complexity index is 671. The van der Waals surface area contributed by atoms with Crippen molar-refractivity contribution >= 4 is 5.91 Å². The van der Waals surface area contributed by atoms with Gasteiger partial charge in [-0.15, -0.1) is 5.10 Å². The third-order valence-electron chi connectivity index (χ3n) is 4.60. The van der Waals surface area contributed by atoms with Crippen LogP contribution < -0.4 is 0 Å². The van der Waals surface area contributed by atoms with E-state index < -0.39 is 0 Å². The molecule has 0 unspecified atom stereocenters. The smallest absolute Gasteiger partial charge is 0.222 e. The molecule has 2 aromatic rings. The molecule has 6 heteroatoms. The average molecular weight is 328 g/mol. The molecule has 0 N–H and O–H groups in total. The van der Waals surface area contributed by atoms with E-state index in [1.165, 1.54) is 0 Å². The lowest BCUT2D eigenvalue weighted by atomic mass is 10.0. The third-order valence-corrected chi connectivity index (χ3v) is 4.60. The van der Waals surface area contributed by atoms with Crippen LogP contribution in [-0.2, 0) is 22.7 Å². The molecule has 1 amide bonds. The molecule has 0 radical (unpaired) electrons. The Morgan fingerprint density at radius 2 is 2.00 bits per heavy atom. The zero-order valence-corrected chi connectivity index (χ0v) is 14.3. The first-order chi connectivity index (χ1) is 11.6. The molecule has 128 valence electrons. The highest BCUT2D eigenvalue weighted by molar-refractivity contribution is 5.76. The van der Waals surface area contributed by atoms with Gasteiger partial charge < -0.3 is 9.64 Å². The second kappa shape index (κ2) is 7.57. The number of ether oxygens (including phenoxy) is 1. The molecule has 3 rings (SSSR count). The summed E-state index contributed by atoms with van der Waals surface area (Å²) in [5.41, 5.74) is 1.88. The number of aromatic nitrogens is 3. The Hall–Kier alpha value is -2.21. The van der Waals surface area contributed by atoms with Crippen molar-refractivity contribution in [2.45, 2.75) is 51.5 Å². The number of nitrogens with zero attached hydrogens (tertiary/aromatic N) is 4. The number of hydrogen-bond donors (Lipinski definition) is 0. The number of rotatable bonds is 1. The van der Waals surface area contributed by atoms with Crippen LogP contribution in [0.2, 0.25) is 0 Å². The molecule has 1 aliphatic heterocycles. The Labute approximate surface area is 142 Å². The van der Waals surface area contributed by atoms with Crippen molar-refractivity contribution in [3.05, 3.63) is 47.8 Å². The predicted molar refractivity (Wildman–Crippen MR) is 90.1 cm³/mol. The van der Waals surface area contributed by atoms with Crippen molar-refractivity contribution in [1.29, 1.82) is 0 Å². The van der Waals surface area contributed by atoms with Crippen LogP contribution in [0.25, 0.3) is 0 Å². The molecule has 1 aromatic carbocycles. The van der Waals surface area contributed by atoms with E-state index in [0.29, 0.717) is 13.0 Å². The summed E-state index contributed by atoms with van der Waals surface area (Å²) in [4.78, 5) is 14.3. The van der Waals surface area contributed by atoms with Gasteiger partial charge >= 0.3 is 0 Å². The van der Waals surface area contributed by atoms with Crippen molar-refractivity contribution < 1.29 is 9.53 Å². The minimum atomic E-state index is -0.203. The van der Waals surface area contributed by atoms with Gasteiger partial charge in [-0.1, -0.05) is 35.5 Å². The summed E-state index contributed by atoms with van der Waals surface area (Å²) in [7, 11) is 1.86. The number of benzene rings is 1. The zero-order valence-electron chi connectivity index (χ0n) is 14.3. The van der Waals surface area contributed by atoms with Crippen molar-refractivity contribution in [1.82, 2.24) is 19.9 Å². The topological polar surface area (TPSA) is 60.2 Å². The van der Waals surface area contributed by atoms with E-state index >= 15 is 0 Å². The van der Waals surface area contributed by atoms with Crippen LogP contribution in [-0.4, -0.2) is 38.9 Å². The van der Waals surface area contributed by atoms with Crippen molar-refractivity contribution in [3.63, 3.8) is 0 Å². The fourth-order valence-electron chi connectivity index (χ4n) is 3.00. The van der Waals surface area contributed by atoms with Crippen LogP contribution in [0.4, 0.5) is 0 Å². The first-order valence-corrected chi connectivity index (χ1v) is 8.46. The molecular formula is C18H24N4O2. The lowest BCUT2D eigenvalue weighted by Gasteiger charge is -2.32. The first-order valence-electron chi connectivity index (χ1n) is 8.46. The Kier molecular flexibility index (Phi) is 5.25. The number of carbonyl (C=O) groups excluding carboxylic acids is 1. The molecule has 0 saturated carbocycles. The maximum atomic E-state index is 12.5. The van der Waals surface area contributed by atoms with Crippen molar-refractivity contribution in [2.24, 2.45) is 0 Å². The van der Waals surface area contributed by atoms with E-state index in [4.69, 9.17) is 4.74 Å². The summed E-state index contributed by atoms with van der Waals surface area (Å²) in [6.07, 6.45) is 4.04.